The Bertz CT molecular complexity index is 975. The van der Waals surface area contributed by atoms with E-state index in [1.54, 1.807) is 0 Å². The molecule has 194 valence electrons. The van der Waals surface area contributed by atoms with Gasteiger partial charge in [-0.05, 0) is 68.6 Å². The third-order valence-electron chi connectivity index (χ3n) is 7.30. The number of benzene rings is 2. The van der Waals surface area contributed by atoms with Gasteiger partial charge in [0.25, 0.3) is 5.91 Å². The first-order chi connectivity index (χ1) is 17.6. The number of piperazine rings is 1. The van der Waals surface area contributed by atoms with E-state index in [1.165, 1.54) is 13.0 Å². The zero-order valence-corrected chi connectivity index (χ0v) is 21.6. The monoisotopic (exact) mass is 491 g/mol. The Hall–Kier alpha value is -2.90. The van der Waals surface area contributed by atoms with Gasteiger partial charge in [0.2, 0.25) is 0 Å². The SMILES string of the molecule is CCCN1CCN(CCCNC(=O)c2cccc([C@H]3CCCN(C(=O)Nc4ccccc4)C3)c2)CC1. The lowest BCUT2D eigenvalue weighted by Crippen LogP contribution is -2.47. The molecule has 2 aromatic rings. The molecule has 36 heavy (non-hydrogen) atoms. The molecule has 2 aliphatic heterocycles. The number of para-hydroxylation sites is 1. The average Bonchev–Trinajstić information content (AvgIpc) is 2.93. The molecule has 2 aromatic carbocycles. The highest BCUT2D eigenvalue weighted by Gasteiger charge is 2.25. The fraction of sp³-hybridized carbons (Fsp3) is 0.517. The van der Waals surface area contributed by atoms with E-state index >= 15 is 0 Å². The summed E-state index contributed by atoms with van der Waals surface area (Å²) in [5.74, 6) is 0.221. The van der Waals surface area contributed by atoms with E-state index in [4.69, 9.17) is 0 Å². The lowest BCUT2D eigenvalue weighted by molar-refractivity contribution is 0.0947. The molecule has 0 bridgehead atoms. The highest BCUT2D eigenvalue weighted by Crippen LogP contribution is 2.28. The van der Waals surface area contributed by atoms with Crippen LogP contribution in [0.3, 0.4) is 0 Å². The third-order valence-corrected chi connectivity index (χ3v) is 7.30. The summed E-state index contributed by atoms with van der Waals surface area (Å²) >= 11 is 0. The molecule has 2 aliphatic rings. The lowest BCUT2D eigenvalue weighted by atomic mass is 9.89. The normalized spacial score (nSPS) is 19.1. The van der Waals surface area contributed by atoms with Gasteiger partial charge in [0.1, 0.15) is 0 Å². The maximum atomic E-state index is 12.8. The summed E-state index contributed by atoms with van der Waals surface area (Å²) in [7, 11) is 0. The zero-order valence-electron chi connectivity index (χ0n) is 21.6. The Morgan fingerprint density at radius 1 is 0.917 bits per heavy atom. The largest absolute Gasteiger partial charge is 0.352 e. The van der Waals surface area contributed by atoms with E-state index in [0.29, 0.717) is 18.7 Å². The number of amides is 3. The fourth-order valence-electron chi connectivity index (χ4n) is 5.25. The van der Waals surface area contributed by atoms with Crippen LogP contribution in [0, 0.1) is 0 Å². The fourth-order valence-corrected chi connectivity index (χ4v) is 5.25. The molecule has 3 amide bonds. The topological polar surface area (TPSA) is 67.9 Å². The van der Waals surface area contributed by atoms with Crippen molar-refractivity contribution in [1.82, 2.24) is 20.0 Å². The van der Waals surface area contributed by atoms with Crippen molar-refractivity contribution >= 4 is 17.6 Å². The van der Waals surface area contributed by atoms with Gasteiger partial charge in [-0.15, -0.1) is 0 Å². The molecule has 2 heterocycles. The number of carbonyl (C=O) groups excluding carboxylic acids is 2. The number of hydrogen-bond donors (Lipinski definition) is 2. The Labute approximate surface area is 215 Å². The Morgan fingerprint density at radius 3 is 2.42 bits per heavy atom. The minimum Gasteiger partial charge on any atom is -0.352 e. The van der Waals surface area contributed by atoms with Crippen molar-refractivity contribution in [2.45, 2.75) is 38.5 Å². The summed E-state index contributed by atoms with van der Waals surface area (Å²) in [5.41, 5.74) is 2.64. The Kier molecular flexibility index (Phi) is 9.76. The summed E-state index contributed by atoms with van der Waals surface area (Å²) in [4.78, 5) is 32.5. The predicted octanol–water partition coefficient (Wildman–Crippen LogP) is 4.25. The number of nitrogens with one attached hydrogen (secondary N) is 2. The van der Waals surface area contributed by atoms with Crippen LogP contribution < -0.4 is 10.6 Å². The van der Waals surface area contributed by atoms with Crippen molar-refractivity contribution in [3.05, 3.63) is 65.7 Å². The molecule has 0 saturated carbocycles. The van der Waals surface area contributed by atoms with Crippen molar-refractivity contribution < 1.29 is 9.59 Å². The van der Waals surface area contributed by atoms with Crippen LogP contribution >= 0.6 is 0 Å². The Morgan fingerprint density at radius 2 is 1.67 bits per heavy atom. The summed E-state index contributed by atoms with van der Waals surface area (Å²) < 4.78 is 0. The molecule has 7 nitrogen and oxygen atoms in total. The number of likely N-dealkylation sites (tertiary alicyclic amines) is 1. The first kappa shape index (κ1) is 26.2. The number of carbonyl (C=O) groups is 2. The van der Waals surface area contributed by atoms with Gasteiger partial charge in [-0.3, -0.25) is 4.79 Å². The first-order valence-corrected chi connectivity index (χ1v) is 13.6. The standard InChI is InChI=1S/C29H41N5O2/c1-2-15-32-18-20-33(21-19-32)16-8-14-30-28(35)25-10-6-9-24(22-25)26-11-7-17-34(23-26)29(36)31-27-12-4-3-5-13-27/h3-6,9-10,12-13,22,26H,2,7-8,11,14-21,23H2,1H3,(H,30,35)(H,31,36)/t26-/m0/s1. The molecule has 0 aromatic heterocycles. The molecule has 2 fully saturated rings. The van der Waals surface area contributed by atoms with Crippen LogP contribution in [0.25, 0.3) is 0 Å². The second-order valence-electron chi connectivity index (χ2n) is 10.00. The molecule has 0 unspecified atom stereocenters. The maximum Gasteiger partial charge on any atom is 0.321 e. The van der Waals surface area contributed by atoms with Crippen molar-refractivity contribution in [3.8, 4) is 0 Å². The third kappa shape index (κ3) is 7.55. The van der Waals surface area contributed by atoms with Crippen molar-refractivity contribution in [2.75, 3.05) is 64.2 Å². The van der Waals surface area contributed by atoms with Gasteiger partial charge in [0.05, 0.1) is 0 Å². The number of piperidine rings is 1. The van der Waals surface area contributed by atoms with Crippen LogP contribution in [0.4, 0.5) is 10.5 Å². The number of rotatable bonds is 9. The van der Waals surface area contributed by atoms with E-state index in [2.05, 4.69) is 33.4 Å². The van der Waals surface area contributed by atoms with Crippen LogP contribution in [0.15, 0.2) is 54.6 Å². The average molecular weight is 492 g/mol. The van der Waals surface area contributed by atoms with E-state index in [9.17, 15) is 9.59 Å². The van der Waals surface area contributed by atoms with E-state index in [-0.39, 0.29) is 17.9 Å². The molecular formula is C29H41N5O2. The molecule has 4 rings (SSSR count). The lowest BCUT2D eigenvalue weighted by Gasteiger charge is -2.34. The summed E-state index contributed by atoms with van der Waals surface area (Å²) in [5, 5.41) is 6.09. The number of nitrogens with zero attached hydrogens (tertiary/aromatic N) is 3. The van der Waals surface area contributed by atoms with Crippen LogP contribution in [-0.2, 0) is 0 Å². The molecule has 0 spiro atoms. The minimum atomic E-state index is -0.0634. The highest BCUT2D eigenvalue weighted by atomic mass is 16.2. The first-order valence-electron chi connectivity index (χ1n) is 13.6. The van der Waals surface area contributed by atoms with Gasteiger partial charge in [-0.1, -0.05) is 37.3 Å². The number of urea groups is 1. The van der Waals surface area contributed by atoms with Crippen LogP contribution in [0.2, 0.25) is 0 Å². The number of anilines is 1. The van der Waals surface area contributed by atoms with Crippen LogP contribution in [0.5, 0.6) is 0 Å². The van der Waals surface area contributed by atoms with Crippen LogP contribution in [-0.4, -0.2) is 85.5 Å². The smallest absolute Gasteiger partial charge is 0.321 e. The van der Waals surface area contributed by atoms with Gasteiger partial charge < -0.3 is 25.3 Å². The molecule has 0 aliphatic carbocycles. The van der Waals surface area contributed by atoms with Gasteiger partial charge >= 0.3 is 6.03 Å². The maximum absolute atomic E-state index is 12.8. The molecular weight excluding hydrogens is 450 g/mol. The second-order valence-corrected chi connectivity index (χ2v) is 10.00. The summed E-state index contributed by atoms with van der Waals surface area (Å²) in [6.45, 7) is 11.1. The predicted molar refractivity (Wildman–Crippen MR) is 146 cm³/mol. The number of hydrogen-bond acceptors (Lipinski definition) is 4. The minimum absolute atomic E-state index is 0.0147. The van der Waals surface area contributed by atoms with Crippen LogP contribution in [0.1, 0.15) is 54.4 Å². The molecule has 0 radical (unpaired) electrons. The van der Waals surface area contributed by atoms with Gasteiger partial charge in [0, 0.05) is 63.0 Å². The van der Waals surface area contributed by atoms with E-state index in [1.807, 2.05) is 53.4 Å². The quantitative estimate of drug-likeness (QED) is 0.515. The van der Waals surface area contributed by atoms with Gasteiger partial charge in [0.15, 0.2) is 0 Å². The van der Waals surface area contributed by atoms with E-state index in [0.717, 1.165) is 69.8 Å². The molecule has 2 saturated heterocycles. The highest BCUT2D eigenvalue weighted by molar-refractivity contribution is 5.94. The Balaban J connectivity index is 1.22. The van der Waals surface area contributed by atoms with Gasteiger partial charge in [-0.2, -0.15) is 0 Å². The van der Waals surface area contributed by atoms with Crippen molar-refractivity contribution in [3.63, 3.8) is 0 Å². The zero-order chi connectivity index (χ0) is 25.2. The second kappa shape index (κ2) is 13.4. The molecule has 7 heteroatoms. The summed E-state index contributed by atoms with van der Waals surface area (Å²) in [6.07, 6.45) is 4.16. The van der Waals surface area contributed by atoms with Gasteiger partial charge in [-0.25, -0.2) is 4.79 Å². The molecule has 2 N–H and O–H groups in total. The molecule has 1 atom stereocenters. The van der Waals surface area contributed by atoms with Crippen molar-refractivity contribution in [2.24, 2.45) is 0 Å². The van der Waals surface area contributed by atoms with Crippen molar-refractivity contribution in [1.29, 1.82) is 0 Å². The van der Waals surface area contributed by atoms with E-state index < -0.39 is 0 Å². The summed E-state index contributed by atoms with van der Waals surface area (Å²) in [6, 6.07) is 17.4.